The predicted octanol–water partition coefficient (Wildman–Crippen LogP) is 4.05. The lowest BCUT2D eigenvalue weighted by molar-refractivity contribution is -0.115. The highest BCUT2D eigenvalue weighted by Crippen LogP contribution is 2.59. The highest BCUT2D eigenvalue weighted by molar-refractivity contribution is 5.91. The number of allylic oxidation sites excluding steroid dienone is 3. The first kappa shape index (κ1) is 11.3. The maximum absolute atomic E-state index is 11.5. The molecule has 0 saturated heterocycles. The molecule has 3 atom stereocenters. The second-order valence-corrected chi connectivity index (χ2v) is 6.18. The summed E-state index contributed by atoms with van der Waals surface area (Å²) in [7, 11) is 0. The van der Waals surface area contributed by atoms with E-state index in [2.05, 4.69) is 12.7 Å². The molecule has 2 saturated carbocycles. The number of ketones is 1. The molecule has 0 amide bonds. The van der Waals surface area contributed by atoms with E-state index in [1.54, 1.807) is 0 Å². The first-order valence-electron chi connectivity index (χ1n) is 7.09. The summed E-state index contributed by atoms with van der Waals surface area (Å²) in [6, 6.07) is 0. The summed E-state index contributed by atoms with van der Waals surface area (Å²) in [5, 5.41) is 0. The highest BCUT2D eigenvalue weighted by Gasteiger charge is 2.49. The molecule has 0 aromatic heterocycles. The smallest absolute Gasteiger partial charge is 0.155 e. The van der Waals surface area contributed by atoms with Gasteiger partial charge in [0.15, 0.2) is 5.78 Å². The molecule has 0 aromatic carbocycles. The Morgan fingerprint density at radius 3 is 3.06 bits per heavy atom. The maximum atomic E-state index is 11.5. The summed E-state index contributed by atoms with van der Waals surface area (Å²) in [6.45, 7) is 3.96. The molecule has 0 spiro atoms. The topological polar surface area (TPSA) is 17.1 Å². The number of carbonyl (C=O) groups is 1. The third kappa shape index (κ3) is 1.71. The molecular weight excluding hydrogens is 208 g/mol. The van der Waals surface area contributed by atoms with Crippen molar-refractivity contribution < 1.29 is 4.79 Å². The van der Waals surface area contributed by atoms with Crippen molar-refractivity contribution in [3.8, 4) is 0 Å². The van der Waals surface area contributed by atoms with Gasteiger partial charge < -0.3 is 0 Å². The number of hydrogen-bond acceptors (Lipinski definition) is 1. The molecule has 0 aromatic rings. The Morgan fingerprint density at radius 2 is 2.24 bits per heavy atom. The van der Waals surface area contributed by atoms with Crippen LogP contribution in [0.4, 0.5) is 0 Å². The van der Waals surface area contributed by atoms with E-state index in [1.165, 1.54) is 44.1 Å². The van der Waals surface area contributed by atoms with Gasteiger partial charge >= 0.3 is 0 Å². The van der Waals surface area contributed by atoms with Gasteiger partial charge in [-0.2, -0.15) is 0 Å². The van der Waals surface area contributed by atoms with Crippen LogP contribution in [0.1, 0.15) is 51.4 Å². The number of rotatable bonds is 2. The van der Waals surface area contributed by atoms with Gasteiger partial charge in [-0.05, 0) is 61.9 Å². The van der Waals surface area contributed by atoms with Crippen LogP contribution >= 0.6 is 0 Å². The molecule has 3 aliphatic carbocycles. The third-order valence-electron chi connectivity index (χ3n) is 5.45. The number of hydrogen-bond donors (Lipinski definition) is 0. The molecule has 3 aliphatic rings. The Bertz CT molecular complexity index is 379. The van der Waals surface area contributed by atoms with E-state index in [1.807, 2.05) is 6.08 Å². The second kappa shape index (κ2) is 4.12. The minimum Gasteiger partial charge on any atom is -0.295 e. The Morgan fingerprint density at radius 1 is 1.35 bits per heavy atom. The fourth-order valence-corrected chi connectivity index (χ4v) is 4.73. The first-order chi connectivity index (χ1) is 8.25. The van der Waals surface area contributed by atoms with Crippen molar-refractivity contribution in [2.75, 3.05) is 0 Å². The van der Waals surface area contributed by atoms with Gasteiger partial charge in [-0.15, -0.1) is 6.58 Å². The lowest BCUT2D eigenvalue weighted by Crippen LogP contribution is -2.38. The Kier molecular flexibility index (Phi) is 2.72. The monoisotopic (exact) mass is 230 g/mol. The quantitative estimate of drug-likeness (QED) is 0.654. The Hall–Kier alpha value is -0.850. The van der Waals surface area contributed by atoms with Gasteiger partial charge in [-0.1, -0.05) is 18.1 Å². The van der Waals surface area contributed by atoms with E-state index >= 15 is 0 Å². The average Bonchev–Trinajstić information content (AvgIpc) is 2.73. The predicted molar refractivity (Wildman–Crippen MR) is 69.6 cm³/mol. The van der Waals surface area contributed by atoms with Gasteiger partial charge in [-0.3, -0.25) is 4.79 Å². The van der Waals surface area contributed by atoms with Crippen LogP contribution in [-0.4, -0.2) is 5.78 Å². The fourth-order valence-electron chi connectivity index (χ4n) is 4.73. The van der Waals surface area contributed by atoms with Gasteiger partial charge in [0.1, 0.15) is 0 Å². The van der Waals surface area contributed by atoms with Crippen LogP contribution < -0.4 is 0 Å². The SMILES string of the molecule is C=CCC12CCCC1C1CCC(=O)C=C1CC2. The molecule has 0 aliphatic heterocycles. The third-order valence-corrected chi connectivity index (χ3v) is 5.45. The van der Waals surface area contributed by atoms with Gasteiger partial charge in [0.05, 0.1) is 0 Å². The van der Waals surface area contributed by atoms with Crippen molar-refractivity contribution in [1.82, 2.24) is 0 Å². The normalized spacial score (nSPS) is 40.5. The Balaban J connectivity index is 1.91. The van der Waals surface area contributed by atoms with Crippen LogP contribution in [0.2, 0.25) is 0 Å². The molecule has 0 N–H and O–H groups in total. The molecular formula is C16H22O. The average molecular weight is 230 g/mol. The van der Waals surface area contributed by atoms with Gasteiger partial charge in [-0.25, -0.2) is 0 Å². The van der Waals surface area contributed by atoms with Crippen molar-refractivity contribution in [2.24, 2.45) is 17.3 Å². The van der Waals surface area contributed by atoms with Gasteiger partial charge in [0.2, 0.25) is 0 Å². The van der Waals surface area contributed by atoms with E-state index in [0.717, 1.165) is 24.7 Å². The second-order valence-electron chi connectivity index (χ2n) is 6.18. The van der Waals surface area contributed by atoms with Crippen molar-refractivity contribution in [2.45, 2.75) is 51.4 Å². The van der Waals surface area contributed by atoms with E-state index < -0.39 is 0 Å². The van der Waals surface area contributed by atoms with Crippen LogP contribution in [0.5, 0.6) is 0 Å². The van der Waals surface area contributed by atoms with E-state index in [9.17, 15) is 4.79 Å². The van der Waals surface area contributed by atoms with Gasteiger partial charge in [0.25, 0.3) is 0 Å². The lowest BCUT2D eigenvalue weighted by Gasteiger charge is -2.46. The largest absolute Gasteiger partial charge is 0.295 e. The van der Waals surface area contributed by atoms with Crippen LogP contribution in [0.3, 0.4) is 0 Å². The van der Waals surface area contributed by atoms with Crippen molar-refractivity contribution in [1.29, 1.82) is 0 Å². The summed E-state index contributed by atoms with van der Waals surface area (Å²) in [4.78, 5) is 11.5. The van der Waals surface area contributed by atoms with Crippen LogP contribution in [-0.2, 0) is 4.79 Å². The van der Waals surface area contributed by atoms with Crippen molar-refractivity contribution in [3.63, 3.8) is 0 Å². The lowest BCUT2D eigenvalue weighted by atomic mass is 9.58. The fraction of sp³-hybridized carbons (Fsp3) is 0.688. The molecule has 3 rings (SSSR count). The summed E-state index contributed by atoms with van der Waals surface area (Å²) in [5.41, 5.74) is 2.03. The summed E-state index contributed by atoms with van der Waals surface area (Å²) in [5.74, 6) is 1.93. The summed E-state index contributed by atoms with van der Waals surface area (Å²) < 4.78 is 0. The van der Waals surface area contributed by atoms with E-state index in [-0.39, 0.29) is 0 Å². The van der Waals surface area contributed by atoms with Crippen LogP contribution in [0.15, 0.2) is 24.3 Å². The molecule has 0 heterocycles. The van der Waals surface area contributed by atoms with Crippen molar-refractivity contribution >= 4 is 5.78 Å². The van der Waals surface area contributed by atoms with Crippen LogP contribution in [0, 0.1) is 17.3 Å². The summed E-state index contributed by atoms with van der Waals surface area (Å²) >= 11 is 0. The zero-order chi connectivity index (χ0) is 11.9. The molecule has 0 bridgehead atoms. The Labute approximate surface area is 104 Å². The minimum atomic E-state index is 0.366. The molecule has 17 heavy (non-hydrogen) atoms. The van der Waals surface area contributed by atoms with Gasteiger partial charge in [0, 0.05) is 6.42 Å². The van der Waals surface area contributed by atoms with E-state index in [4.69, 9.17) is 0 Å². The van der Waals surface area contributed by atoms with Crippen LogP contribution in [0.25, 0.3) is 0 Å². The highest BCUT2D eigenvalue weighted by atomic mass is 16.1. The standard InChI is InChI=1S/C16H22O/c1-2-8-16-9-3-4-15(16)14-6-5-13(17)11-12(14)7-10-16/h2,11,14-15H,1,3-10H2. The van der Waals surface area contributed by atoms with E-state index in [0.29, 0.717) is 11.2 Å². The minimum absolute atomic E-state index is 0.366. The number of fused-ring (bicyclic) bond motifs is 3. The maximum Gasteiger partial charge on any atom is 0.155 e. The molecule has 92 valence electrons. The number of carbonyl (C=O) groups excluding carboxylic acids is 1. The summed E-state index contributed by atoms with van der Waals surface area (Å²) in [6.07, 6.45) is 13.8. The molecule has 1 nitrogen and oxygen atoms in total. The zero-order valence-electron chi connectivity index (χ0n) is 10.6. The molecule has 1 heteroatoms. The van der Waals surface area contributed by atoms with Crippen molar-refractivity contribution in [3.05, 3.63) is 24.3 Å². The first-order valence-corrected chi connectivity index (χ1v) is 7.09. The molecule has 2 fully saturated rings. The molecule has 0 radical (unpaired) electrons. The molecule has 3 unspecified atom stereocenters. The zero-order valence-corrected chi connectivity index (χ0v) is 10.6.